The molecule has 0 amide bonds. The molecule has 160 valence electrons. The van der Waals surface area contributed by atoms with E-state index in [0.29, 0.717) is 0 Å². The van der Waals surface area contributed by atoms with Crippen LogP contribution in [0.5, 0.6) is 0 Å². The Bertz CT molecular complexity index is 1180. The molecule has 0 atom stereocenters. The first kappa shape index (κ1) is 20.3. The Morgan fingerprint density at radius 1 is 0.500 bits per heavy atom. The van der Waals surface area contributed by atoms with Gasteiger partial charge in [0.15, 0.2) is 0 Å². The summed E-state index contributed by atoms with van der Waals surface area (Å²) >= 11 is 0. The third-order valence-corrected chi connectivity index (χ3v) is 6.65. The summed E-state index contributed by atoms with van der Waals surface area (Å²) in [5.74, 6) is 0. The number of hydrogen-bond donors (Lipinski definition) is 0. The van der Waals surface area contributed by atoms with E-state index in [1.54, 1.807) is 12.1 Å². The van der Waals surface area contributed by atoms with E-state index >= 15 is 0 Å². The maximum absolute atomic E-state index is 11.3. The molecule has 1 saturated carbocycles. The molecule has 0 bridgehead atoms. The molecule has 0 N–H and O–H groups in total. The van der Waals surface area contributed by atoms with Crippen LogP contribution in [-0.2, 0) is 5.41 Å². The van der Waals surface area contributed by atoms with Crippen LogP contribution in [0.25, 0.3) is 22.3 Å². The molecule has 1 aliphatic rings. The molecule has 4 nitrogen and oxygen atoms in total. The minimum absolute atomic E-state index is 0.0121. The third kappa shape index (κ3) is 3.84. The van der Waals surface area contributed by atoms with Crippen molar-refractivity contribution in [2.45, 2.75) is 37.5 Å². The molecule has 2 aromatic heterocycles. The minimum Gasteiger partial charge on any atom is -0.431 e. The maximum Gasteiger partial charge on any atom is 0.335 e. The molecule has 2 heterocycles. The standard InChI is InChI=1S/C28H24O4/c29-26-14-8-22(18-31-26)20-4-10-24(11-5-20)28(16-2-1-3-17-28)25-12-6-21(7-13-25)23-9-15-27(30)32-19-23/h4-15,18-19H,1-3,16-17H2. The number of benzene rings is 2. The smallest absolute Gasteiger partial charge is 0.335 e. The van der Waals surface area contributed by atoms with Gasteiger partial charge in [0, 0.05) is 28.7 Å². The molecule has 5 rings (SSSR count). The zero-order valence-electron chi connectivity index (χ0n) is 17.8. The van der Waals surface area contributed by atoms with Gasteiger partial charge >= 0.3 is 11.3 Å². The van der Waals surface area contributed by atoms with Crippen LogP contribution < -0.4 is 11.3 Å². The lowest BCUT2D eigenvalue weighted by atomic mass is 9.65. The zero-order chi connectivity index (χ0) is 22.0. The highest BCUT2D eigenvalue weighted by Crippen LogP contribution is 2.45. The van der Waals surface area contributed by atoms with E-state index in [2.05, 4.69) is 48.5 Å². The Balaban J connectivity index is 1.49. The van der Waals surface area contributed by atoms with E-state index in [4.69, 9.17) is 8.83 Å². The molecule has 0 spiro atoms. The van der Waals surface area contributed by atoms with Crippen molar-refractivity contribution in [3.05, 3.63) is 117 Å². The van der Waals surface area contributed by atoms with Crippen molar-refractivity contribution >= 4 is 0 Å². The van der Waals surface area contributed by atoms with Gasteiger partial charge in [0.1, 0.15) is 12.5 Å². The Morgan fingerprint density at radius 2 is 0.906 bits per heavy atom. The van der Waals surface area contributed by atoms with Gasteiger partial charge in [0.25, 0.3) is 0 Å². The SMILES string of the molecule is O=c1ccc(-c2ccc(C3(c4ccc(-c5ccc(=O)oc5)cc4)CCCCC3)cc2)co1. The average Bonchev–Trinajstić information content (AvgIpc) is 2.86. The summed E-state index contributed by atoms with van der Waals surface area (Å²) in [6.07, 6.45) is 8.94. The van der Waals surface area contributed by atoms with Crippen molar-refractivity contribution < 1.29 is 8.83 Å². The van der Waals surface area contributed by atoms with Gasteiger partial charge in [-0.3, -0.25) is 0 Å². The van der Waals surface area contributed by atoms with Crippen molar-refractivity contribution in [2.75, 3.05) is 0 Å². The lowest BCUT2D eigenvalue weighted by Gasteiger charge is -2.39. The van der Waals surface area contributed by atoms with Crippen molar-refractivity contribution in [1.29, 1.82) is 0 Å². The largest absolute Gasteiger partial charge is 0.431 e. The predicted molar refractivity (Wildman–Crippen MR) is 125 cm³/mol. The molecule has 0 saturated heterocycles. The molecule has 4 heteroatoms. The maximum atomic E-state index is 11.3. The second-order valence-electron chi connectivity index (χ2n) is 8.48. The van der Waals surface area contributed by atoms with Crippen molar-refractivity contribution in [1.82, 2.24) is 0 Å². The Hall–Kier alpha value is -3.66. The van der Waals surface area contributed by atoms with Gasteiger partial charge in [0.2, 0.25) is 0 Å². The quantitative estimate of drug-likeness (QED) is 0.393. The number of rotatable bonds is 4. The van der Waals surface area contributed by atoms with E-state index in [1.165, 1.54) is 55.0 Å². The molecule has 4 aromatic rings. The van der Waals surface area contributed by atoms with E-state index in [1.807, 2.05) is 0 Å². The van der Waals surface area contributed by atoms with Crippen LogP contribution >= 0.6 is 0 Å². The average molecular weight is 424 g/mol. The van der Waals surface area contributed by atoms with E-state index < -0.39 is 0 Å². The van der Waals surface area contributed by atoms with Crippen LogP contribution in [0.1, 0.15) is 43.2 Å². The summed E-state index contributed by atoms with van der Waals surface area (Å²) in [5, 5.41) is 0. The molecule has 32 heavy (non-hydrogen) atoms. The van der Waals surface area contributed by atoms with Gasteiger partial charge in [-0.1, -0.05) is 67.8 Å². The topological polar surface area (TPSA) is 60.4 Å². The van der Waals surface area contributed by atoms with Crippen LogP contribution in [0.15, 0.2) is 104 Å². The van der Waals surface area contributed by atoms with Crippen molar-refractivity contribution in [3.8, 4) is 22.3 Å². The molecule has 1 aliphatic carbocycles. The minimum atomic E-state index is -0.340. The Kier molecular flexibility index (Phi) is 5.36. The van der Waals surface area contributed by atoms with Gasteiger partial charge in [0.05, 0.1) is 0 Å². The summed E-state index contributed by atoms with van der Waals surface area (Å²) in [7, 11) is 0. The highest BCUT2D eigenvalue weighted by Gasteiger charge is 2.35. The summed E-state index contributed by atoms with van der Waals surface area (Å²) in [5.41, 5.74) is 5.80. The monoisotopic (exact) mass is 424 g/mol. The second-order valence-corrected chi connectivity index (χ2v) is 8.48. The molecule has 0 radical (unpaired) electrons. The first-order valence-corrected chi connectivity index (χ1v) is 11.0. The van der Waals surface area contributed by atoms with Crippen LogP contribution in [0.4, 0.5) is 0 Å². The third-order valence-electron chi connectivity index (χ3n) is 6.65. The number of hydrogen-bond acceptors (Lipinski definition) is 4. The van der Waals surface area contributed by atoms with E-state index in [9.17, 15) is 9.59 Å². The van der Waals surface area contributed by atoms with Crippen LogP contribution in [0.3, 0.4) is 0 Å². The van der Waals surface area contributed by atoms with Crippen LogP contribution in [0.2, 0.25) is 0 Å². The fourth-order valence-electron chi connectivity index (χ4n) is 4.91. The summed E-state index contributed by atoms with van der Waals surface area (Å²) in [6.45, 7) is 0. The lowest BCUT2D eigenvalue weighted by Crippen LogP contribution is -2.30. The van der Waals surface area contributed by atoms with Crippen molar-refractivity contribution in [3.63, 3.8) is 0 Å². The van der Waals surface area contributed by atoms with Gasteiger partial charge in [-0.05, 0) is 47.2 Å². The highest BCUT2D eigenvalue weighted by atomic mass is 16.4. The zero-order valence-corrected chi connectivity index (χ0v) is 17.8. The van der Waals surface area contributed by atoms with Crippen molar-refractivity contribution in [2.24, 2.45) is 0 Å². The van der Waals surface area contributed by atoms with E-state index in [0.717, 1.165) is 35.1 Å². The molecule has 0 unspecified atom stereocenters. The van der Waals surface area contributed by atoms with Gasteiger partial charge < -0.3 is 8.83 Å². The van der Waals surface area contributed by atoms with Crippen LogP contribution in [-0.4, -0.2) is 0 Å². The Labute approximate surface area is 186 Å². The molecule has 0 aliphatic heterocycles. The fourth-order valence-corrected chi connectivity index (χ4v) is 4.91. The molecule has 2 aromatic carbocycles. The van der Waals surface area contributed by atoms with Gasteiger partial charge in [-0.2, -0.15) is 0 Å². The van der Waals surface area contributed by atoms with Gasteiger partial charge in [-0.15, -0.1) is 0 Å². The Morgan fingerprint density at radius 3 is 1.28 bits per heavy atom. The summed E-state index contributed by atoms with van der Waals surface area (Å²) < 4.78 is 10.0. The molecule has 1 fully saturated rings. The predicted octanol–water partition coefficient (Wildman–Crippen LogP) is 6.18. The molecular formula is C28H24O4. The van der Waals surface area contributed by atoms with Gasteiger partial charge in [-0.25, -0.2) is 9.59 Å². The van der Waals surface area contributed by atoms with E-state index in [-0.39, 0.29) is 16.7 Å². The lowest BCUT2D eigenvalue weighted by molar-refractivity contribution is 0.346. The normalized spacial score (nSPS) is 15.4. The molecular weight excluding hydrogens is 400 g/mol. The first-order chi connectivity index (χ1) is 15.6. The highest BCUT2D eigenvalue weighted by molar-refractivity contribution is 5.64. The summed E-state index contributed by atoms with van der Waals surface area (Å²) in [6, 6.07) is 23.8. The summed E-state index contributed by atoms with van der Waals surface area (Å²) in [4.78, 5) is 22.5. The fraction of sp³-hybridized carbons (Fsp3) is 0.214. The second kappa shape index (κ2) is 8.46. The first-order valence-electron chi connectivity index (χ1n) is 11.0. The van der Waals surface area contributed by atoms with Crippen LogP contribution in [0, 0.1) is 0 Å².